The maximum atomic E-state index is 14.5. The number of nitrogens with zero attached hydrogens (tertiary/aromatic N) is 1. The van der Waals surface area contributed by atoms with Crippen molar-refractivity contribution in [1.82, 2.24) is 10.2 Å². The fourth-order valence-electron chi connectivity index (χ4n) is 4.05. The predicted molar refractivity (Wildman–Crippen MR) is 91.7 cm³/mol. The van der Waals surface area contributed by atoms with Crippen LogP contribution in [0, 0.1) is 11.7 Å². The molecule has 1 aliphatic heterocycles. The van der Waals surface area contributed by atoms with Gasteiger partial charge in [-0.1, -0.05) is 24.4 Å². The number of benzene rings is 1. The SMILES string of the molecule is CCOc1c(F)cc([C@@H](C2CCCC2)N2CCNCC2)cc1Cl. The van der Waals surface area contributed by atoms with E-state index in [9.17, 15) is 4.39 Å². The first kappa shape index (κ1) is 17.0. The van der Waals surface area contributed by atoms with Gasteiger partial charge < -0.3 is 10.1 Å². The topological polar surface area (TPSA) is 24.5 Å². The van der Waals surface area contributed by atoms with Gasteiger partial charge in [0.05, 0.1) is 11.6 Å². The lowest BCUT2D eigenvalue weighted by Crippen LogP contribution is -2.46. The molecule has 1 atom stereocenters. The highest BCUT2D eigenvalue weighted by Gasteiger charge is 2.32. The molecule has 1 aromatic carbocycles. The molecule has 3 rings (SSSR count). The van der Waals surface area contributed by atoms with Gasteiger partial charge in [-0.2, -0.15) is 0 Å². The van der Waals surface area contributed by atoms with E-state index in [1.807, 2.05) is 13.0 Å². The lowest BCUT2D eigenvalue weighted by Gasteiger charge is -2.38. The smallest absolute Gasteiger partial charge is 0.173 e. The molecule has 0 amide bonds. The lowest BCUT2D eigenvalue weighted by molar-refractivity contribution is 0.125. The van der Waals surface area contributed by atoms with Gasteiger partial charge in [-0.05, 0) is 43.4 Å². The Hall–Kier alpha value is -0.840. The van der Waals surface area contributed by atoms with Crippen LogP contribution in [0.4, 0.5) is 4.39 Å². The minimum atomic E-state index is -0.340. The summed E-state index contributed by atoms with van der Waals surface area (Å²) in [5.41, 5.74) is 1.00. The molecule has 1 heterocycles. The minimum absolute atomic E-state index is 0.184. The largest absolute Gasteiger partial charge is 0.489 e. The molecule has 2 fully saturated rings. The molecule has 2 aliphatic rings. The van der Waals surface area contributed by atoms with E-state index in [1.54, 1.807) is 6.07 Å². The van der Waals surface area contributed by atoms with Crippen LogP contribution in [0.3, 0.4) is 0 Å². The van der Waals surface area contributed by atoms with Gasteiger partial charge in [0.1, 0.15) is 0 Å². The van der Waals surface area contributed by atoms with Gasteiger partial charge >= 0.3 is 0 Å². The summed E-state index contributed by atoms with van der Waals surface area (Å²) < 4.78 is 19.8. The summed E-state index contributed by atoms with van der Waals surface area (Å²) in [5.74, 6) is 0.442. The summed E-state index contributed by atoms with van der Waals surface area (Å²) in [6.45, 7) is 6.26. The van der Waals surface area contributed by atoms with Crippen LogP contribution in [-0.2, 0) is 0 Å². The number of hydrogen-bond acceptors (Lipinski definition) is 3. The van der Waals surface area contributed by atoms with Crippen molar-refractivity contribution in [3.63, 3.8) is 0 Å². The molecule has 3 nitrogen and oxygen atoms in total. The number of piperazine rings is 1. The first-order valence-corrected chi connectivity index (χ1v) is 9.15. The van der Waals surface area contributed by atoms with Crippen molar-refractivity contribution in [2.24, 2.45) is 5.92 Å². The van der Waals surface area contributed by atoms with E-state index in [4.69, 9.17) is 16.3 Å². The van der Waals surface area contributed by atoms with E-state index in [2.05, 4.69) is 10.2 Å². The maximum Gasteiger partial charge on any atom is 0.173 e. The lowest BCUT2D eigenvalue weighted by atomic mass is 9.89. The second-order valence-corrected chi connectivity index (χ2v) is 6.93. The fourth-order valence-corrected chi connectivity index (χ4v) is 4.32. The van der Waals surface area contributed by atoms with E-state index in [-0.39, 0.29) is 17.6 Å². The highest BCUT2D eigenvalue weighted by molar-refractivity contribution is 6.32. The highest BCUT2D eigenvalue weighted by atomic mass is 35.5. The third kappa shape index (κ3) is 3.81. The van der Waals surface area contributed by atoms with Gasteiger partial charge in [0.15, 0.2) is 11.6 Å². The molecule has 0 radical (unpaired) electrons. The second kappa shape index (κ2) is 7.82. The molecule has 1 aromatic rings. The van der Waals surface area contributed by atoms with Gasteiger partial charge in [-0.15, -0.1) is 0 Å². The third-order valence-electron chi connectivity index (χ3n) is 5.04. The molecule has 1 N–H and O–H groups in total. The first-order chi connectivity index (χ1) is 11.2. The summed E-state index contributed by atoms with van der Waals surface area (Å²) in [4.78, 5) is 2.50. The van der Waals surface area contributed by atoms with Crippen LogP contribution >= 0.6 is 11.6 Å². The number of nitrogens with one attached hydrogen (secondary N) is 1. The molecule has 0 bridgehead atoms. The highest BCUT2D eigenvalue weighted by Crippen LogP contribution is 2.42. The monoisotopic (exact) mass is 340 g/mol. The number of halogens is 2. The van der Waals surface area contributed by atoms with Crippen LogP contribution in [-0.4, -0.2) is 37.7 Å². The van der Waals surface area contributed by atoms with Gasteiger partial charge in [0.25, 0.3) is 0 Å². The van der Waals surface area contributed by atoms with E-state index < -0.39 is 0 Å². The predicted octanol–water partition coefficient (Wildman–Crippen LogP) is 4.01. The summed E-state index contributed by atoms with van der Waals surface area (Å²) in [6.07, 6.45) is 5.00. The average molecular weight is 341 g/mol. The minimum Gasteiger partial charge on any atom is -0.489 e. The Morgan fingerprint density at radius 2 is 2.00 bits per heavy atom. The molecule has 128 valence electrons. The zero-order valence-corrected chi connectivity index (χ0v) is 14.5. The molecule has 0 aromatic heterocycles. The summed E-state index contributed by atoms with van der Waals surface area (Å²) in [7, 11) is 0. The Labute approximate surface area is 143 Å². The quantitative estimate of drug-likeness (QED) is 0.876. The van der Waals surface area contributed by atoms with Crippen molar-refractivity contribution in [3.05, 3.63) is 28.5 Å². The fraction of sp³-hybridized carbons (Fsp3) is 0.667. The molecule has 1 saturated heterocycles. The Balaban J connectivity index is 1.92. The van der Waals surface area contributed by atoms with Gasteiger partial charge in [0.2, 0.25) is 0 Å². The van der Waals surface area contributed by atoms with Crippen LogP contribution in [0.15, 0.2) is 12.1 Å². The Morgan fingerprint density at radius 3 is 2.61 bits per heavy atom. The van der Waals surface area contributed by atoms with Gasteiger partial charge in [0, 0.05) is 32.2 Å². The summed E-state index contributed by atoms with van der Waals surface area (Å²) in [5, 5.41) is 3.79. The average Bonchev–Trinajstić information content (AvgIpc) is 3.06. The Kier molecular flexibility index (Phi) is 5.78. The van der Waals surface area contributed by atoms with E-state index in [0.717, 1.165) is 31.7 Å². The van der Waals surface area contributed by atoms with Crippen molar-refractivity contribution < 1.29 is 9.13 Å². The summed E-state index contributed by atoms with van der Waals surface area (Å²) >= 11 is 6.31. The third-order valence-corrected chi connectivity index (χ3v) is 5.32. The van der Waals surface area contributed by atoms with E-state index in [0.29, 0.717) is 17.5 Å². The summed E-state index contributed by atoms with van der Waals surface area (Å²) in [6, 6.07) is 3.82. The number of hydrogen-bond donors (Lipinski definition) is 1. The zero-order chi connectivity index (χ0) is 16.2. The first-order valence-electron chi connectivity index (χ1n) is 8.77. The Bertz CT molecular complexity index is 505. The molecule has 0 spiro atoms. The van der Waals surface area contributed by atoms with Crippen LogP contribution in [0.5, 0.6) is 5.75 Å². The molecule has 1 aliphatic carbocycles. The van der Waals surface area contributed by atoms with Crippen LogP contribution in [0.2, 0.25) is 5.02 Å². The molecule has 0 unspecified atom stereocenters. The van der Waals surface area contributed by atoms with Crippen LogP contribution < -0.4 is 10.1 Å². The van der Waals surface area contributed by atoms with Crippen molar-refractivity contribution >= 4 is 11.6 Å². The second-order valence-electron chi connectivity index (χ2n) is 6.52. The van der Waals surface area contributed by atoms with E-state index >= 15 is 0 Å². The maximum absolute atomic E-state index is 14.5. The van der Waals surface area contributed by atoms with Crippen molar-refractivity contribution in [3.8, 4) is 5.75 Å². The van der Waals surface area contributed by atoms with Crippen molar-refractivity contribution in [1.29, 1.82) is 0 Å². The molecular formula is C18H26ClFN2O. The molecule has 1 saturated carbocycles. The van der Waals surface area contributed by atoms with Crippen LogP contribution in [0.1, 0.15) is 44.2 Å². The van der Waals surface area contributed by atoms with E-state index in [1.165, 1.54) is 25.7 Å². The molecule has 23 heavy (non-hydrogen) atoms. The number of ether oxygens (including phenoxy) is 1. The van der Waals surface area contributed by atoms with Crippen molar-refractivity contribution in [2.75, 3.05) is 32.8 Å². The zero-order valence-electron chi connectivity index (χ0n) is 13.8. The van der Waals surface area contributed by atoms with Gasteiger partial charge in [-0.3, -0.25) is 4.90 Å². The molecule has 5 heteroatoms. The van der Waals surface area contributed by atoms with Crippen LogP contribution in [0.25, 0.3) is 0 Å². The molecular weight excluding hydrogens is 315 g/mol. The van der Waals surface area contributed by atoms with Crippen molar-refractivity contribution in [2.45, 2.75) is 38.6 Å². The Morgan fingerprint density at radius 1 is 1.30 bits per heavy atom. The number of rotatable bonds is 5. The standard InChI is InChI=1S/C18H26ClFN2O/c1-2-23-18-15(19)11-14(12-16(18)20)17(13-5-3-4-6-13)22-9-7-21-8-10-22/h11-13,17,21H,2-10H2,1H3/t17-/m1/s1. The normalized spacial score (nSPS) is 21.5. The van der Waals surface area contributed by atoms with Gasteiger partial charge in [-0.25, -0.2) is 4.39 Å².